The van der Waals surface area contributed by atoms with Gasteiger partial charge in [0.1, 0.15) is 5.75 Å². The molecule has 154 valence electrons. The van der Waals surface area contributed by atoms with Gasteiger partial charge >= 0.3 is 0 Å². The van der Waals surface area contributed by atoms with Crippen LogP contribution >= 0.6 is 24.0 Å². The van der Waals surface area contributed by atoms with Crippen LogP contribution in [0.1, 0.15) is 32.3 Å². The second kappa shape index (κ2) is 12.4. The van der Waals surface area contributed by atoms with Gasteiger partial charge in [-0.05, 0) is 44.4 Å². The van der Waals surface area contributed by atoms with Crippen LogP contribution in [0.15, 0.2) is 29.3 Å². The van der Waals surface area contributed by atoms with Gasteiger partial charge in [-0.2, -0.15) is 0 Å². The fourth-order valence-corrected chi connectivity index (χ4v) is 3.32. The molecule has 0 aromatic heterocycles. The monoisotopic (exact) mass is 491 g/mol. The van der Waals surface area contributed by atoms with E-state index in [1.54, 1.807) is 14.2 Å². The van der Waals surface area contributed by atoms with Gasteiger partial charge in [-0.3, -0.25) is 4.99 Å². The zero-order valence-electron chi connectivity index (χ0n) is 16.9. The Morgan fingerprint density at radius 2 is 1.89 bits per heavy atom. The van der Waals surface area contributed by atoms with Gasteiger partial charge in [0.15, 0.2) is 5.96 Å². The number of methoxy groups -OCH3 is 2. The molecule has 1 heterocycles. The van der Waals surface area contributed by atoms with Crippen LogP contribution in [0, 0.1) is 0 Å². The average molecular weight is 491 g/mol. The third-order valence-corrected chi connectivity index (χ3v) is 4.84. The molecule has 0 bridgehead atoms. The number of nitrogens with zero attached hydrogens (tertiary/aromatic N) is 1. The molecule has 0 amide bonds. The predicted molar refractivity (Wildman–Crippen MR) is 121 cm³/mol. The molecule has 7 heteroatoms. The number of hydrogen-bond acceptors (Lipinski definition) is 4. The Kier molecular flexibility index (Phi) is 11.0. The molecule has 1 aliphatic heterocycles. The lowest BCUT2D eigenvalue weighted by atomic mass is 9.74. The molecule has 1 unspecified atom stereocenters. The van der Waals surface area contributed by atoms with Crippen molar-refractivity contribution in [3.63, 3.8) is 0 Å². The smallest absolute Gasteiger partial charge is 0.191 e. The van der Waals surface area contributed by atoms with Crippen molar-refractivity contribution >= 4 is 29.9 Å². The first-order chi connectivity index (χ1) is 12.6. The minimum atomic E-state index is -0.00261. The first-order valence-corrected chi connectivity index (χ1v) is 9.39. The number of guanidine groups is 1. The number of benzene rings is 1. The van der Waals surface area contributed by atoms with Crippen molar-refractivity contribution in [2.75, 3.05) is 47.1 Å². The minimum Gasteiger partial charge on any atom is -0.497 e. The fraction of sp³-hybridized carbons (Fsp3) is 0.650. The van der Waals surface area contributed by atoms with Crippen LogP contribution in [0.2, 0.25) is 0 Å². The summed E-state index contributed by atoms with van der Waals surface area (Å²) < 4.78 is 16.1. The summed E-state index contributed by atoms with van der Waals surface area (Å²) in [5.41, 5.74) is 1.29. The molecule has 27 heavy (non-hydrogen) atoms. The van der Waals surface area contributed by atoms with Gasteiger partial charge in [-0.1, -0.05) is 12.1 Å². The molecule has 0 radical (unpaired) electrons. The molecule has 6 nitrogen and oxygen atoms in total. The predicted octanol–water partition coefficient (Wildman–Crippen LogP) is 2.95. The molecule has 1 atom stereocenters. The molecule has 1 aliphatic rings. The zero-order chi connectivity index (χ0) is 18.8. The third kappa shape index (κ3) is 7.12. The number of ether oxygens (including phenoxy) is 3. The Morgan fingerprint density at radius 3 is 2.44 bits per heavy atom. The molecule has 0 aliphatic carbocycles. The second-order valence-corrected chi connectivity index (χ2v) is 6.82. The van der Waals surface area contributed by atoms with Gasteiger partial charge in [-0.15, -0.1) is 24.0 Å². The largest absolute Gasteiger partial charge is 0.497 e. The maximum atomic E-state index is 5.62. The lowest BCUT2D eigenvalue weighted by molar-refractivity contribution is 0.0530. The highest BCUT2D eigenvalue weighted by molar-refractivity contribution is 14.0. The van der Waals surface area contributed by atoms with Gasteiger partial charge in [0.2, 0.25) is 0 Å². The fourth-order valence-electron chi connectivity index (χ4n) is 3.32. The maximum Gasteiger partial charge on any atom is 0.191 e. The first kappa shape index (κ1) is 24.0. The molecule has 2 N–H and O–H groups in total. The highest BCUT2D eigenvalue weighted by Crippen LogP contribution is 2.36. The first-order valence-electron chi connectivity index (χ1n) is 9.39. The topological polar surface area (TPSA) is 64.1 Å². The third-order valence-electron chi connectivity index (χ3n) is 4.84. The molecular formula is C20H34IN3O3. The van der Waals surface area contributed by atoms with Crippen molar-refractivity contribution in [3.05, 3.63) is 29.8 Å². The normalized spacial score (nSPS) is 17.6. The van der Waals surface area contributed by atoms with Gasteiger partial charge in [-0.25, -0.2) is 0 Å². The van der Waals surface area contributed by atoms with E-state index in [1.165, 1.54) is 5.56 Å². The summed E-state index contributed by atoms with van der Waals surface area (Å²) in [6, 6.07) is 8.58. The highest BCUT2D eigenvalue weighted by atomic mass is 127. The molecule has 1 fully saturated rings. The molecule has 1 aromatic rings. The standard InChI is InChI=1S/C20H33N3O3.HI/c1-5-21-19(23-16(2)14-24-3)22-15-20(10-12-26-13-11-20)17-6-8-18(25-4)9-7-17;/h6-9,16H,5,10-15H2,1-4H3,(H2,21,22,23);1H. The zero-order valence-corrected chi connectivity index (χ0v) is 19.2. The van der Waals surface area contributed by atoms with E-state index in [4.69, 9.17) is 19.2 Å². The Bertz CT molecular complexity index is 560. The van der Waals surface area contributed by atoms with Crippen molar-refractivity contribution in [2.24, 2.45) is 4.99 Å². The van der Waals surface area contributed by atoms with Crippen LogP contribution in [0.3, 0.4) is 0 Å². The highest BCUT2D eigenvalue weighted by Gasteiger charge is 2.34. The van der Waals surface area contributed by atoms with E-state index in [-0.39, 0.29) is 35.4 Å². The molecule has 1 saturated heterocycles. The molecule has 1 aromatic carbocycles. The maximum absolute atomic E-state index is 5.62. The van der Waals surface area contributed by atoms with Gasteiger partial charge in [0.25, 0.3) is 0 Å². The number of halogens is 1. The van der Waals surface area contributed by atoms with Crippen LogP contribution in [0.25, 0.3) is 0 Å². The lowest BCUT2D eigenvalue weighted by Gasteiger charge is -2.37. The molecule has 0 saturated carbocycles. The van der Waals surface area contributed by atoms with Crippen molar-refractivity contribution in [2.45, 2.75) is 38.1 Å². The van der Waals surface area contributed by atoms with E-state index in [0.29, 0.717) is 6.61 Å². The van der Waals surface area contributed by atoms with E-state index in [9.17, 15) is 0 Å². The van der Waals surface area contributed by atoms with E-state index < -0.39 is 0 Å². The second-order valence-electron chi connectivity index (χ2n) is 6.82. The van der Waals surface area contributed by atoms with Crippen molar-refractivity contribution in [1.29, 1.82) is 0 Å². The van der Waals surface area contributed by atoms with Gasteiger partial charge in [0, 0.05) is 38.3 Å². The van der Waals surface area contributed by atoms with Crippen LogP contribution < -0.4 is 15.4 Å². The van der Waals surface area contributed by atoms with E-state index in [2.05, 4.69) is 36.6 Å². The summed E-state index contributed by atoms with van der Waals surface area (Å²) in [5.74, 6) is 1.71. The van der Waals surface area contributed by atoms with Crippen LogP contribution in [0.5, 0.6) is 5.75 Å². The summed E-state index contributed by atoms with van der Waals surface area (Å²) in [5, 5.41) is 6.74. The van der Waals surface area contributed by atoms with Gasteiger partial charge in [0.05, 0.1) is 20.3 Å². The quantitative estimate of drug-likeness (QED) is 0.333. The Morgan fingerprint density at radius 1 is 1.22 bits per heavy atom. The van der Waals surface area contributed by atoms with E-state index >= 15 is 0 Å². The van der Waals surface area contributed by atoms with Gasteiger partial charge < -0.3 is 24.8 Å². The number of hydrogen-bond donors (Lipinski definition) is 2. The van der Waals surface area contributed by atoms with Crippen molar-refractivity contribution in [1.82, 2.24) is 10.6 Å². The summed E-state index contributed by atoms with van der Waals surface area (Å²) >= 11 is 0. The number of rotatable bonds is 8. The Balaban J connectivity index is 0.00000364. The van der Waals surface area contributed by atoms with Crippen molar-refractivity contribution < 1.29 is 14.2 Å². The van der Waals surface area contributed by atoms with Crippen LogP contribution in [0.4, 0.5) is 0 Å². The lowest BCUT2D eigenvalue weighted by Crippen LogP contribution is -2.45. The van der Waals surface area contributed by atoms with E-state index in [0.717, 1.165) is 50.9 Å². The molecule has 2 rings (SSSR count). The van der Waals surface area contributed by atoms with Crippen LogP contribution in [-0.4, -0.2) is 59.1 Å². The van der Waals surface area contributed by atoms with E-state index in [1.807, 2.05) is 12.1 Å². The SMILES string of the molecule is CCNC(=NCC1(c2ccc(OC)cc2)CCOCC1)NC(C)COC.I. The number of nitrogens with one attached hydrogen (secondary N) is 2. The summed E-state index contributed by atoms with van der Waals surface area (Å²) in [6.07, 6.45) is 1.94. The summed E-state index contributed by atoms with van der Waals surface area (Å²) in [6.45, 7) is 7.89. The molecule has 0 spiro atoms. The molecular weight excluding hydrogens is 457 g/mol. The minimum absolute atomic E-state index is 0. The number of aliphatic imine (C=N–C) groups is 1. The Hall–Kier alpha value is -1.06. The Labute approximate surface area is 180 Å². The summed E-state index contributed by atoms with van der Waals surface area (Å²) in [4.78, 5) is 4.90. The van der Waals surface area contributed by atoms with Crippen LogP contribution in [-0.2, 0) is 14.9 Å². The van der Waals surface area contributed by atoms with Crippen molar-refractivity contribution in [3.8, 4) is 5.75 Å². The average Bonchev–Trinajstić information content (AvgIpc) is 2.67. The summed E-state index contributed by atoms with van der Waals surface area (Å²) in [7, 11) is 3.40.